The summed E-state index contributed by atoms with van der Waals surface area (Å²) in [7, 11) is 0. The largest absolute Gasteiger partial charge is 0.313 e. The number of thioether (sulfide) groups is 1. The van der Waals surface area contributed by atoms with Crippen molar-refractivity contribution in [3.8, 4) is 0 Å². The number of aromatic nitrogens is 4. The lowest BCUT2D eigenvalue weighted by molar-refractivity contribution is 0.485. The molecule has 0 amide bonds. The summed E-state index contributed by atoms with van der Waals surface area (Å²) in [5.41, 5.74) is 0.903. The highest BCUT2D eigenvalue weighted by Crippen LogP contribution is 2.30. The zero-order valence-corrected chi connectivity index (χ0v) is 14.2. The summed E-state index contributed by atoms with van der Waals surface area (Å²) in [6, 6.07) is 5.94. The Kier molecular flexibility index (Phi) is 6.29. The summed E-state index contributed by atoms with van der Waals surface area (Å²) >= 11 is 13.8. The smallest absolute Gasteiger partial charge is 0.209 e. The molecule has 2 rings (SSSR count). The van der Waals surface area contributed by atoms with Crippen molar-refractivity contribution >= 4 is 35.0 Å². The van der Waals surface area contributed by atoms with Gasteiger partial charge in [0.2, 0.25) is 5.16 Å². The van der Waals surface area contributed by atoms with Gasteiger partial charge in [0, 0.05) is 28.4 Å². The van der Waals surface area contributed by atoms with Gasteiger partial charge in [0.05, 0.1) is 6.54 Å². The number of hydrogen-bond acceptors (Lipinski definition) is 5. The number of nitrogens with zero attached hydrogens (tertiary/aromatic N) is 4. The minimum absolute atomic E-state index is 0.444. The Morgan fingerprint density at radius 1 is 1.29 bits per heavy atom. The van der Waals surface area contributed by atoms with Crippen molar-refractivity contribution in [3.05, 3.63) is 33.8 Å². The molecule has 21 heavy (non-hydrogen) atoms. The summed E-state index contributed by atoms with van der Waals surface area (Å²) in [5.74, 6) is 0.635. The van der Waals surface area contributed by atoms with Gasteiger partial charge in [-0.05, 0) is 28.1 Å². The first-order valence-electron chi connectivity index (χ1n) is 6.63. The number of tetrazole rings is 1. The molecule has 1 heterocycles. The fraction of sp³-hybridized carbons (Fsp3) is 0.462. The zero-order valence-electron chi connectivity index (χ0n) is 11.9. The molecule has 0 fully saturated rings. The second-order valence-electron chi connectivity index (χ2n) is 4.78. The van der Waals surface area contributed by atoms with Crippen molar-refractivity contribution in [1.82, 2.24) is 25.5 Å². The number of nitrogens with one attached hydrogen (secondary N) is 1. The van der Waals surface area contributed by atoms with Gasteiger partial charge in [-0.3, -0.25) is 0 Å². The molecule has 0 aliphatic carbocycles. The molecule has 0 aliphatic heterocycles. The summed E-state index contributed by atoms with van der Waals surface area (Å²) in [6.45, 7) is 5.76. The molecule has 8 heteroatoms. The minimum Gasteiger partial charge on any atom is -0.313 e. The van der Waals surface area contributed by atoms with Gasteiger partial charge in [-0.1, -0.05) is 54.9 Å². The van der Waals surface area contributed by atoms with Gasteiger partial charge >= 0.3 is 0 Å². The predicted octanol–water partition coefficient (Wildman–Crippen LogP) is 3.27. The molecule has 1 aromatic carbocycles. The molecule has 0 radical (unpaired) electrons. The Morgan fingerprint density at radius 3 is 2.67 bits per heavy atom. The molecule has 0 atom stereocenters. The van der Waals surface area contributed by atoms with E-state index < -0.39 is 0 Å². The molecular weight excluding hydrogens is 329 g/mol. The maximum Gasteiger partial charge on any atom is 0.209 e. The Labute approximate surface area is 138 Å². The van der Waals surface area contributed by atoms with Crippen molar-refractivity contribution in [1.29, 1.82) is 0 Å². The Balaban J connectivity index is 1.96. The van der Waals surface area contributed by atoms with E-state index in [0.717, 1.165) is 23.8 Å². The highest BCUT2D eigenvalue weighted by Gasteiger charge is 2.11. The first-order valence-corrected chi connectivity index (χ1v) is 8.37. The average molecular weight is 346 g/mol. The van der Waals surface area contributed by atoms with Gasteiger partial charge in [-0.25, -0.2) is 4.68 Å². The van der Waals surface area contributed by atoms with Crippen LogP contribution in [0.5, 0.6) is 0 Å². The molecule has 2 aromatic rings. The van der Waals surface area contributed by atoms with Crippen LogP contribution < -0.4 is 5.32 Å². The predicted molar refractivity (Wildman–Crippen MR) is 87.0 cm³/mol. The number of hydrogen-bond donors (Lipinski definition) is 1. The van der Waals surface area contributed by atoms with Gasteiger partial charge in [-0.2, -0.15) is 0 Å². The lowest BCUT2D eigenvalue weighted by Crippen LogP contribution is -2.27. The zero-order chi connectivity index (χ0) is 15.2. The van der Waals surface area contributed by atoms with E-state index in [2.05, 4.69) is 34.7 Å². The van der Waals surface area contributed by atoms with Crippen LogP contribution >= 0.6 is 35.0 Å². The van der Waals surface area contributed by atoms with Crippen molar-refractivity contribution < 1.29 is 0 Å². The Hall–Kier alpha value is -0.820. The molecule has 0 bridgehead atoms. The molecule has 114 valence electrons. The van der Waals surface area contributed by atoms with Crippen LogP contribution in [-0.4, -0.2) is 32.8 Å². The summed E-state index contributed by atoms with van der Waals surface area (Å²) in [5, 5.41) is 17.2. The van der Waals surface area contributed by atoms with Crippen molar-refractivity contribution in [2.45, 2.75) is 37.3 Å². The fourth-order valence-corrected chi connectivity index (χ4v) is 3.35. The monoisotopic (exact) mass is 345 g/mol. The molecule has 0 unspecified atom stereocenters. The van der Waals surface area contributed by atoms with Crippen LogP contribution in [0.15, 0.2) is 23.4 Å². The molecule has 1 aromatic heterocycles. The highest BCUT2D eigenvalue weighted by molar-refractivity contribution is 7.98. The van der Waals surface area contributed by atoms with E-state index in [1.807, 2.05) is 18.2 Å². The first kappa shape index (κ1) is 16.5. The SMILES string of the molecule is CC(C)NCCn1nnnc1SCc1c(Cl)cccc1Cl. The second kappa shape index (κ2) is 7.98. The molecular formula is C13H17Cl2N5S. The summed E-state index contributed by atoms with van der Waals surface area (Å²) in [4.78, 5) is 0. The van der Waals surface area contributed by atoms with Crippen LogP contribution in [0.2, 0.25) is 10.0 Å². The van der Waals surface area contributed by atoms with Crippen LogP contribution in [0.3, 0.4) is 0 Å². The molecule has 0 saturated heterocycles. The average Bonchev–Trinajstić information content (AvgIpc) is 2.85. The van der Waals surface area contributed by atoms with Gasteiger partial charge in [0.25, 0.3) is 0 Å². The standard InChI is InChI=1S/C13H17Cl2N5S/c1-9(2)16-6-7-20-13(17-18-19-20)21-8-10-11(14)4-3-5-12(10)15/h3-5,9,16H,6-8H2,1-2H3. The maximum absolute atomic E-state index is 6.16. The molecule has 1 N–H and O–H groups in total. The van der Waals surface area contributed by atoms with Crippen LogP contribution in [0.25, 0.3) is 0 Å². The quantitative estimate of drug-likeness (QED) is 0.780. The number of halogens is 2. The number of rotatable bonds is 7. The van der Waals surface area contributed by atoms with Gasteiger partial charge < -0.3 is 5.32 Å². The topological polar surface area (TPSA) is 55.6 Å². The molecule has 0 aliphatic rings. The lowest BCUT2D eigenvalue weighted by Gasteiger charge is -2.09. The maximum atomic E-state index is 6.16. The van der Waals surface area contributed by atoms with Crippen LogP contribution in [0, 0.1) is 0 Å². The van der Waals surface area contributed by atoms with Crippen LogP contribution in [0.4, 0.5) is 0 Å². The van der Waals surface area contributed by atoms with E-state index in [9.17, 15) is 0 Å². The highest BCUT2D eigenvalue weighted by atomic mass is 35.5. The van der Waals surface area contributed by atoms with E-state index in [-0.39, 0.29) is 0 Å². The molecule has 0 spiro atoms. The third-order valence-electron chi connectivity index (χ3n) is 2.78. The molecule has 5 nitrogen and oxygen atoms in total. The van der Waals surface area contributed by atoms with E-state index in [1.165, 1.54) is 11.8 Å². The molecule has 0 saturated carbocycles. The lowest BCUT2D eigenvalue weighted by atomic mass is 10.2. The Bertz CT molecular complexity index is 567. The third-order valence-corrected chi connectivity index (χ3v) is 4.47. The summed E-state index contributed by atoms with van der Waals surface area (Å²) in [6.07, 6.45) is 0. The van der Waals surface area contributed by atoms with E-state index in [1.54, 1.807) is 4.68 Å². The normalized spacial score (nSPS) is 11.3. The van der Waals surface area contributed by atoms with Crippen molar-refractivity contribution in [2.75, 3.05) is 6.54 Å². The fourth-order valence-electron chi connectivity index (χ4n) is 1.71. The van der Waals surface area contributed by atoms with E-state index >= 15 is 0 Å². The van der Waals surface area contributed by atoms with E-state index in [4.69, 9.17) is 23.2 Å². The van der Waals surface area contributed by atoms with Gasteiger partial charge in [0.15, 0.2) is 0 Å². The van der Waals surface area contributed by atoms with Crippen LogP contribution in [-0.2, 0) is 12.3 Å². The van der Waals surface area contributed by atoms with Gasteiger partial charge in [0.1, 0.15) is 0 Å². The van der Waals surface area contributed by atoms with Crippen molar-refractivity contribution in [2.24, 2.45) is 0 Å². The third kappa shape index (κ3) is 4.85. The minimum atomic E-state index is 0.444. The second-order valence-corrected chi connectivity index (χ2v) is 6.54. The number of benzene rings is 1. The Morgan fingerprint density at radius 2 is 2.00 bits per heavy atom. The first-order chi connectivity index (χ1) is 10.1. The van der Waals surface area contributed by atoms with Gasteiger partial charge in [-0.15, -0.1) is 5.10 Å². The van der Waals surface area contributed by atoms with Crippen molar-refractivity contribution in [3.63, 3.8) is 0 Å². The van der Waals surface area contributed by atoms with Crippen LogP contribution in [0.1, 0.15) is 19.4 Å². The summed E-state index contributed by atoms with van der Waals surface area (Å²) < 4.78 is 1.78. The van der Waals surface area contributed by atoms with E-state index in [0.29, 0.717) is 21.8 Å².